The third-order valence-electron chi connectivity index (χ3n) is 7.66. The highest BCUT2D eigenvalue weighted by Crippen LogP contribution is 2.36. The Kier molecular flexibility index (Phi) is 8.54. The van der Waals surface area contributed by atoms with Crippen molar-refractivity contribution in [3.63, 3.8) is 0 Å². The van der Waals surface area contributed by atoms with Crippen molar-refractivity contribution in [3.05, 3.63) is 71.0 Å². The average Bonchev–Trinajstić information content (AvgIpc) is 3.31. The van der Waals surface area contributed by atoms with Gasteiger partial charge in [0.05, 0.1) is 5.60 Å². The highest BCUT2D eigenvalue weighted by Gasteiger charge is 2.37. The Bertz CT molecular complexity index is 1120. The zero-order valence-electron chi connectivity index (χ0n) is 21.4. The second-order valence-corrected chi connectivity index (χ2v) is 9.93. The number of carbonyl (C=O) groups excluding carboxylic acids is 2. The molecule has 2 heterocycles. The Hall–Kier alpha value is -2.91. The molecule has 0 aliphatic carbocycles. The van der Waals surface area contributed by atoms with Gasteiger partial charge in [-0.3, -0.25) is 9.59 Å². The first kappa shape index (κ1) is 27.1. The van der Waals surface area contributed by atoms with Gasteiger partial charge in [-0.2, -0.15) is 0 Å². The molecule has 0 saturated carbocycles. The van der Waals surface area contributed by atoms with E-state index in [1.54, 1.807) is 25.1 Å². The number of ether oxygens (including phenoxy) is 1. The Morgan fingerprint density at radius 2 is 1.84 bits per heavy atom. The zero-order valence-corrected chi connectivity index (χ0v) is 21.4. The molecule has 2 aromatic rings. The lowest BCUT2D eigenvalue weighted by Crippen LogP contribution is -2.45. The average molecular weight is 518 g/mol. The number of benzene rings is 2. The van der Waals surface area contributed by atoms with Gasteiger partial charge in [0, 0.05) is 46.8 Å². The number of hydrogen-bond donors (Lipinski definition) is 0. The van der Waals surface area contributed by atoms with Crippen molar-refractivity contribution < 1.29 is 27.5 Å². The topological polar surface area (TPSA) is 53.1 Å². The van der Waals surface area contributed by atoms with Crippen LogP contribution in [0.15, 0.2) is 42.5 Å². The summed E-state index contributed by atoms with van der Waals surface area (Å²) in [7, 11) is 3.33. The molecular formula is C28H34F3N3O3. The summed E-state index contributed by atoms with van der Waals surface area (Å²) in [6.07, 6.45) is 3.14. The number of amides is 2. The summed E-state index contributed by atoms with van der Waals surface area (Å²) in [5.74, 6) is -2.79. The number of likely N-dealkylation sites (N-methyl/N-ethyl adjacent to an activating group) is 1. The highest BCUT2D eigenvalue weighted by atomic mass is 19.2. The molecule has 1 atom stereocenters. The van der Waals surface area contributed by atoms with Crippen LogP contribution in [0, 0.1) is 17.5 Å². The molecule has 37 heavy (non-hydrogen) atoms. The number of methoxy groups -OCH3 is 1. The summed E-state index contributed by atoms with van der Waals surface area (Å²) in [5, 5.41) is 0. The van der Waals surface area contributed by atoms with Crippen LogP contribution in [0.4, 0.5) is 13.2 Å². The number of rotatable bonds is 9. The van der Waals surface area contributed by atoms with Crippen LogP contribution in [0.5, 0.6) is 0 Å². The fraction of sp³-hybridized carbons (Fsp3) is 0.500. The first-order chi connectivity index (χ1) is 17.7. The minimum Gasteiger partial charge on any atom is -0.373 e. The third kappa shape index (κ3) is 5.99. The molecule has 0 aromatic heterocycles. The molecule has 2 saturated heterocycles. The van der Waals surface area contributed by atoms with E-state index in [4.69, 9.17) is 4.74 Å². The van der Waals surface area contributed by atoms with E-state index >= 15 is 0 Å². The Labute approximate surface area is 216 Å². The largest absolute Gasteiger partial charge is 0.373 e. The molecule has 2 aromatic carbocycles. The fourth-order valence-corrected chi connectivity index (χ4v) is 5.45. The number of hydrogen-bond acceptors (Lipinski definition) is 4. The van der Waals surface area contributed by atoms with Gasteiger partial charge >= 0.3 is 0 Å². The Morgan fingerprint density at radius 1 is 1.08 bits per heavy atom. The van der Waals surface area contributed by atoms with Gasteiger partial charge in [0.15, 0.2) is 11.6 Å². The maximum absolute atomic E-state index is 14.0. The molecule has 200 valence electrons. The van der Waals surface area contributed by atoms with Gasteiger partial charge in [-0.05, 0) is 67.6 Å². The van der Waals surface area contributed by atoms with Gasteiger partial charge in [-0.15, -0.1) is 0 Å². The lowest BCUT2D eigenvalue weighted by atomic mass is 9.84. The van der Waals surface area contributed by atoms with Crippen LogP contribution in [0.1, 0.15) is 49.3 Å². The van der Waals surface area contributed by atoms with Gasteiger partial charge in [0.25, 0.3) is 0 Å². The van der Waals surface area contributed by atoms with Crippen LogP contribution < -0.4 is 0 Å². The molecule has 1 unspecified atom stereocenters. The van der Waals surface area contributed by atoms with E-state index in [1.165, 1.54) is 23.1 Å². The minimum atomic E-state index is -1.04. The second-order valence-electron chi connectivity index (χ2n) is 9.93. The number of piperidine rings is 1. The summed E-state index contributed by atoms with van der Waals surface area (Å²) < 4.78 is 47.1. The van der Waals surface area contributed by atoms with Gasteiger partial charge < -0.3 is 19.4 Å². The molecule has 0 spiro atoms. The molecule has 0 N–H and O–H groups in total. The summed E-state index contributed by atoms with van der Waals surface area (Å²) in [4.78, 5) is 31.2. The van der Waals surface area contributed by atoms with Crippen molar-refractivity contribution in [1.29, 1.82) is 0 Å². The number of likely N-dealkylation sites (tertiary alicyclic amines) is 2. The lowest BCUT2D eigenvalue weighted by Gasteiger charge is -2.41. The third-order valence-corrected chi connectivity index (χ3v) is 7.66. The summed E-state index contributed by atoms with van der Waals surface area (Å²) in [6, 6.07) is 8.96. The molecule has 2 amide bonds. The molecule has 2 aliphatic rings. The van der Waals surface area contributed by atoms with Crippen LogP contribution in [0.2, 0.25) is 0 Å². The minimum absolute atomic E-state index is 0.162. The maximum Gasteiger partial charge on any atom is 0.249 e. The van der Waals surface area contributed by atoms with Crippen molar-refractivity contribution in [2.75, 3.05) is 46.9 Å². The molecule has 2 fully saturated rings. The van der Waals surface area contributed by atoms with E-state index < -0.39 is 23.3 Å². The Balaban J connectivity index is 1.34. The smallest absolute Gasteiger partial charge is 0.249 e. The van der Waals surface area contributed by atoms with Crippen LogP contribution in [-0.2, 0) is 19.9 Å². The van der Waals surface area contributed by atoms with Gasteiger partial charge in [0.2, 0.25) is 11.8 Å². The SMILES string of the molecule is COC1(c2cccc(F)c2)CCN(CCCN(C)C(=O)C(c2ccc(F)c(F)c2)N2CCCC2=O)CC1. The first-order valence-electron chi connectivity index (χ1n) is 12.8. The predicted octanol–water partition coefficient (Wildman–Crippen LogP) is 4.25. The highest BCUT2D eigenvalue weighted by molar-refractivity contribution is 5.89. The van der Waals surface area contributed by atoms with E-state index in [0.717, 1.165) is 50.2 Å². The number of halogens is 3. The van der Waals surface area contributed by atoms with Crippen molar-refractivity contribution in [1.82, 2.24) is 14.7 Å². The number of nitrogens with zero attached hydrogens (tertiary/aromatic N) is 3. The van der Waals surface area contributed by atoms with Gasteiger partial charge in [-0.25, -0.2) is 13.2 Å². The quantitative estimate of drug-likeness (QED) is 0.499. The van der Waals surface area contributed by atoms with E-state index in [-0.39, 0.29) is 23.2 Å². The standard InChI is InChI=1S/C28H34F3N3O3/c1-32(27(36)26(34-15-4-8-25(34)35)20-9-10-23(30)24(31)18-20)13-5-14-33-16-11-28(37-2,12-17-33)21-6-3-7-22(29)19-21/h3,6-7,9-10,18-19,26H,4-5,8,11-17H2,1-2H3. The van der Waals surface area contributed by atoms with Crippen LogP contribution >= 0.6 is 0 Å². The van der Waals surface area contributed by atoms with Gasteiger partial charge in [0.1, 0.15) is 11.9 Å². The molecule has 4 rings (SSSR count). The van der Waals surface area contributed by atoms with Crippen LogP contribution in [0.3, 0.4) is 0 Å². The molecular weight excluding hydrogens is 483 g/mol. The van der Waals surface area contributed by atoms with E-state index in [9.17, 15) is 22.8 Å². The van der Waals surface area contributed by atoms with Gasteiger partial charge in [-0.1, -0.05) is 18.2 Å². The summed E-state index contributed by atoms with van der Waals surface area (Å²) in [5.41, 5.74) is 0.612. The number of carbonyl (C=O) groups is 2. The fourth-order valence-electron chi connectivity index (χ4n) is 5.45. The normalized spacial score (nSPS) is 18.7. The summed E-state index contributed by atoms with van der Waals surface area (Å²) in [6.45, 7) is 3.18. The van der Waals surface area contributed by atoms with Crippen molar-refractivity contribution >= 4 is 11.8 Å². The predicted molar refractivity (Wildman–Crippen MR) is 133 cm³/mol. The van der Waals surface area contributed by atoms with E-state index in [0.29, 0.717) is 32.4 Å². The maximum atomic E-state index is 14.0. The molecule has 0 radical (unpaired) electrons. The first-order valence-corrected chi connectivity index (χ1v) is 12.8. The monoisotopic (exact) mass is 517 g/mol. The Morgan fingerprint density at radius 3 is 2.46 bits per heavy atom. The lowest BCUT2D eigenvalue weighted by molar-refractivity contribution is -0.143. The van der Waals surface area contributed by atoms with Crippen molar-refractivity contribution in [2.45, 2.75) is 43.7 Å². The second kappa shape index (κ2) is 11.6. The van der Waals surface area contributed by atoms with E-state index in [2.05, 4.69) is 4.90 Å². The zero-order chi connectivity index (χ0) is 26.6. The molecule has 6 nitrogen and oxygen atoms in total. The van der Waals surface area contributed by atoms with Crippen LogP contribution in [-0.4, -0.2) is 73.4 Å². The van der Waals surface area contributed by atoms with E-state index in [1.807, 2.05) is 6.07 Å². The van der Waals surface area contributed by atoms with Crippen molar-refractivity contribution in [3.8, 4) is 0 Å². The van der Waals surface area contributed by atoms with Crippen molar-refractivity contribution in [2.24, 2.45) is 0 Å². The molecule has 9 heteroatoms. The molecule has 0 bridgehead atoms. The summed E-state index contributed by atoms with van der Waals surface area (Å²) >= 11 is 0. The molecule has 2 aliphatic heterocycles. The van der Waals surface area contributed by atoms with Crippen LogP contribution in [0.25, 0.3) is 0 Å².